The van der Waals surface area contributed by atoms with Crippen LogP contribution in [0, 0.1) is 13.8 Å². The van der Waals surface area contributed by atoms with E-state index in [-0.39, 0.29) is 23.4 Å². The highest BCUT2D eigenvalue weighted by Gasteiger charge is 2.39. The van der Waals surface area contributed by atoms with Gasteiger partial charge in [0.2, 0.25) is 0 Å². The van der Waals surface area contributed by atoms with Crippen molar-refractivity contribution >= 4 is 11.0 Å². The van der Waals surface area contributed by atoms with Crippen molar-refractivity contribution in [3.05, 3.63) is 39.7 Å². The quantitative estimate of drug-likeness (QED) is 0.762. The van der Waals surface area contributed by atoms with Crippen LogP contribution in [-0.4, -0.2) is 37.9 Å². The zero-order chi connectivity index (χ0) is 18.5. The van der Waals surface area contributed by atoms with E-state index in [1.54, 1.807) is 6.20 Å². The van der Waals surface area contributed by atoms with E-state index in [0.717, 1.165) is 56.2 Å². The maximum Gasteiger partial charge on any atom is 0.262 e. The fourth-order valence-corrected chi connectivity index (χ4v) is 4.10. The molecule has 2 aliphatic rings. The van der Waals surface area contributed by atoms with Crippen molar-refractivity contribution in [2.45, 2.75) is 57.4 Å². The third kappa shape index (κ3) is 2.70. The Morgan fingerprint density at radius 3 is 2.56 bits per heavy atom. The molecule has 2 atom stereocenters. The number of aromatic amines is 1. The number of H-pyrrole nitrogens is 1. The van der Waals surface area contributed by atoms with Gasteiger partial charge < -0.3 is 14.1 Å². The lowest BCUT2D eigenvalue weighted by Gasteiger charge is -2.33. The second kappa shape index (κ2) is 6.30. The number of fused-ring (bicyclic) bond motifs is 1. The number of nitrogens with zero attached hydrogens (tertiary/aromatic N) is 4. The summed E-state index contributed by atoms with van der Waals surface area (Å²) in [7, 11) is 0. The van der Waals surface area contributed by atoms with Crippen molar-refractivity contribution in [2.75, 3.05) is 13.2 Å². The van der Waals surface area contributed by atoms with Crippen molar-refractivity contribution < 1.29 is 9.15 Å². The predicted octanol–water partition coefficient (Wildman–Crippen LogP) is 2.74. The molecular weight excluding hydrogens is 346 g/mol. The standard InChI is InChI=1S/C19H23N5O3/c1-10-11(2)27-19(21-10)14-4-3-13(14)16-22-17-15(18(25)23-16)9-20-24(17)12-5-7-26-8-6-12/h9,12-14H,3-8H2,1-2H3,(H,22,23,25)/t13-,14-/m0/s1. The molecule has 5 rings (SSSR count). The van der Waals surface area contributed by atoms with Gasteiger partial charge in [-0.2, -0.15) is 5.10 Å². The van der Waals surface area contributed by atoms with Crippen molar-refractivity contribution in [3.63, 3.8) is 0 Å². The van der Waals surface area contributed by atoms with Crippen LogP contribution >= 0.6 is 0 Å². The Labute approximate surface area is 156 Å². The van der Waals surface area contributed by atoms with Gasteiger partial charge >= 0.3 is 0 Å². The summed E-state index contributed by atoms with van der Waals surface area (Å²) in [6.45, 7) is 5.32. The lowest BCUT2D eigenvalue weighted by Crippen LogP contribution is -2.27. The van der Waals surface area contributed by atoms with Gasteiger partial charge in [0.1, 0.15) is 17.0 Å². The molecule has 3 aromatic rings. The van der Waals surface area contributed by atoms with Crippen LogP contribution < -0.4 is 5.56 Å². The Balaban J connectivity index is 1.52. The van der Waals surface area contributed by atoms with E-state index in [0.29, 0.717) is 16.9 Å². The molecule has 142 valence electrons. The van der Waals surface area contributed by atoms with E-state index in [1.165, 1.54) is 0 Å². The predicted molar refractivity (Wildman–Crippen MR) is 97.9 cm³/mol. The molecule has 4 heterocycles. The second-order valence-corrected chi connectivity index (χ2v) is 7.61. The molecule has 0 unspecified atom stereocenters. The van der Waals surface area contributed by atoms with Crippen molar-refractivity contribution in [1.29, 1.82) is 0 Å². The second-order valence-electron chi connectivity index (χ2n) is 7.61. The molecule has 1 aliphatic heterocycles. The van der Waals surface area contributed by atoms with Gasteiger partial charge in [-0.3, -0.25) is 4.79 Å². The molecule has 0 bridgehead atoms. The third-order valence-electron chi connectivity index (χ3n) is 6.01. The molecule has 8 heteroatoms. The highest BCUT2D eigenvalue weighted by atomic mass is 16.5. The minimum Gasteiger partial charge on any atom is -0.445 e. The molecule has 1 N–H and O–H groups in total. The summed E-state index contributed by atoms with van der Waals surface area (Å²) < 4.78 is 13.2. The van der Waals surface area contributed by atoms with Gasteiger partial charge in [-0.15, -0.1) is 0 Å². The van der Waals surface area contributed by atoms with Crippen LogP contribution in [0.3, 0.4) is 0 Å². The summed E-state index contributed by atoms with van der Waals surface area (Å²) in [5.74, 6) is 2.60. The molecule has 0 spiro atoms. The molecule has 8 nitrogen and oxygen atoms in total. The number of hydrogen-bond donors (Lipinski definition) is 1. The fraction of sp³-hybridized carbons (Fsp3) is 0.579. The number of ether oxygens (including phenoxy) is 1. The average Bonchev–Trinajstić information content (AvgIpc) is 3.19. The molecule has 1 saturated heterocycles. The van der Waals surface area contributed by atoms with Crippen LogP contribution in [0.5, 0.6) is 0 Å². The first-order chi connectivity index (χ1) is 13.1. The third-order valence-corrected chi connectivity index (χ3v) is 6.01. The van der Waals surface area contributed by atoms with E-state index >= 15 is 0 Å². The van der Waals surface area contributed by atoms with Crippen molar-refractivity contribution in [3.8, 4) is 0 Å². The fourth-order valence-electron chi connectivity index (χ4n) is 4.10. The topological polar surface area (TPSA) is 98.8 Å². The van der Waals surface area contributed by atoms with Crippen LogP contribution in [0.2, 0.25) is 0 Å². The number of rotatable bonds is 3. The van der Waals surface area contributed by atoms with Gasteiger partial charge in [0, 0.05) is 25.0 Å². The minimum atomic E-state index is -0.126. The van der Waals surface area contributed by atoms with E-state index < -0.39 is 0 Å². The minimum absolute atomic E-state index is 0.123. The largest absolute Gasteiger partial charge is 0.445 e. The maximum atomic E-state index is 12.6. The molecular formula is C19H23N5O3. The summed E-state index contributed by atoms with van der Waals surface area (Å²) in [6.07, 6.45) is 5.36. The Kier molecular flexibility index (Phi) is 3.89. The van der Waals surface area contributed by atoms with E-state index in [4.69, 9.17) is 14.1 Å². The molecule has 3 aromatic heterocycles. The van der Waals surface area contributed by atoms with Gasteiger partial charge in [-0.25, -0.2) is 14.6 Å². The molecule has 1 aliphatic carbocycles. The molecule has 0 amide bonds. The van der Waals surface area contributed by atoms with Gasteiger partial charge in [0.05, 0.1) is 17.9 Å². The number of aromatic nitrogens is 5. The molecule has 2 fully saturated rings. The number of nitrogens with one attached hydrogen (secondary N) is 1. The van der Waals surface area contributed by atoms with E-state index in [2.05, 4.69) is 15.1 Å². The van der Waals surface area contributed by atoms with Gasteiger partial charge in [0.15, 0.2) is 11.5 Å². The van der Waals surface area contributed by atoms with Crippen molar-refractivity contribution in [1.82, 2.24) is 24.7 Å². The Morgan fingerprint density at radius 2 is 1.89 bits per heavy atom. The number of oxazole rings is 1. The zero-order valence-electron chi connectivity index (χ0n) is 15.6. The van der Waals surface area contributed by atoms with Crippen LogP contribution in [-0.2, 0) is 4.74 Å². The van der Waals surface area contributed by atoms with Crippen molar-refractivity contribution in [2.24, 2.45) is 0 Å². The maximum absolute atomic E-state index is 12.6. The highest BCUT2D eigenvalue weighted by molar-refractivity contribution is 5.73. The van der Waals surface area contributed by atoms with Gasteiger partial charge in [-0.05, 0) is 39.5 Å². The number of aryl methyl sites for hydroxylation is 2. The first kappa shape index (κ1) is 16.7. The van der Waals surface area contributed by atoms with Gasteiger partial charge in [-0.1, -0.05) is 0 Å². The molecule has 1 saturated carbocycles. The molecule has 0 radical (unpaired) electrons. The zero-order valence-corrected chi connectivity index (χ0v) is 15.6. The normalized spacial score (nSPS) is 23.6. The Hall–Kier alpha value is -2.48. The van der Waals surface area contributed by atoms with Crippen LogP contribution in [0.25, 0.3) is 11.0 Å². The molecule has 27 heavy (non-hydrogen) atoms. The van der Waals surface area contributed by atoms with Crippen LogP contribution in [0.15, 0.2) is 15.4 Å². The first-order valence-corrected chi connectivity index (χ1v) is 9.61. The Morgan fingerprint density at radius 1 is 1.11 bits per heavy atom. The molecule has 0 aromatic carbocycles. The lowest BCUT2D eigenvalue weighted by molar-refractivity contribution is 0.0673. The average molecular weight is 369 g/mol. The monoisotopic (exact) mass is 369 g/mol. The van der Waals surface area contributed by atoms with Gasteiger partial charge in [0.25, 0.3) is 5.56 Å². The first-order valence-electron chi connectivity index (χ1n) is 9.61. The summed E-state index contributed by atoms with van der Waals surface area (Å²) in [5, 5.41) is 5.01. The van der Waals surface area contributed by atoms with E-state index in [1.807, 2.05) is 18.5 Å². The highest BCUT2D eigenvalue weighted by Crippen LogP contribution is 2.47. The smallest absolute Gasteiger partial charge is 0.262 e. The summed E-state index contributed by atoms with van der Waals surface area (Å²) in [5.41, 5.74) is 1.47. The van der Waals surface area contributed by atoms with Crippen LogP contribution in [0.4, 0.5) is 0 Å². The Bertz CT molecular complexity index is 1020. The van der Waals surface area contributed by atoms with E-state index in [9.17, 15) is 4.79 Å². The summed E-state index contributed by atoms with van der Waals surface area (Å²) >= 11 is 0. The summed E-state index contributed by atoms with van der Waals surface area (Å²) in [4.78, 5) is 25.0. The number of hydrogen-bond acceptors (Lipinski definition) is 6. The van der Waals surface area contributed by atoms with Crippen LogP contribution in [0.1, 0.15) is 66.7 Å². The SMILES string of the molecule is Cc1nc([C@H]2CC[C@@H]2c2nc3c(cnn3C3CCOCC3)c(=O)[nH]2)oc1C. The summed E-state index contributed by atoms with van der Waals surface area (Å²) in [6, 6.07) is 0.229. The lowest BCUT2D eigenvalue weighted by atomic mass is 9.73.